The molecular formula is C27H26N2O2. The molecule has 1 aliphatic carbocycles. The first-order valence-electron chi connectivity index (χ1n) is 11.0. The molecule has 4 heteroatoms. The van der Waals surface area contributed by atoms with Crippen molar-refractivity contribution < 1.29 is 9.32 Å². The number of nitrogens with one attached hydrogen (secondary N) is 1. The lowest BCUT2D eigenvalue weighted by molar-refractivity contribution is -0.116. The highest BCUT2D eigenvalue weighted by atomic mass is 16.5. The molecule has 0 saturated heterocycles. The number of hydrogen-bond acceptors (Lipinski definition) is 3. The minimum absolute atomic E-state index is 0.00349. The van der Waals surface area contributed by atoms with Gasteiger partial charge in [0.1, 0.15) is 5.76 Å². The maximum atomic E-state index is 12.7. The lowest BCUT2D eigenvalue weighted by Gasteiger charge is -2.09. The molecule has 1 aliphatic rings. The van der Waals surface area contributed by atoms with Gasteiger partial charge in [-0.3, -0.25) is 4.79 Å². The number of nitrogens with zero attached hydrogens (tertiary/aromatic N) is 1. The zero-order valence-electron chi connectivity index (χ0n) is 17.7. The van der Waals surface area contributed by atoms with Crippen molar-refractivity contribution in [1.82, 2.24) is 5.16 Å². The van der Waals surface area contributed by atoms with E-state index in [0.29, 0.717) is 18.8 Å². The molecule has 1 amide bonds. The maximum absolute atomic E-state index is 12.7. The second-order valence-electron chi connectivity index (χ2n) is 8.27. The number of anilines is 1. The number of carbonyl (C=O) groups excluding carboxylic acids is 1. The molecule has 1 heterocycles. The van der Waals surface area contributed by atoms with Crippen molar-refractivity contribution in [2.75, 3.05) is 5.32 Å². The van der Waals surface area contributed by atoms with E-state index in [1.54, 1.807) is 0 Å². The van der Waals surface area contributed by atoms with Crippen LogP contribution >= 0.6 is 0 Å². The molecule has 1 N–H and O–H groups in total. The highest BCUT2D eigenvalue weighted by molar-refractivity contribution is 6.02. The minimum Gasteiger partial charge on any atom is -0.361 e. The van der Waals surface area contributed by atoms with Crippen LogP contribution in [0.5, 0.6) is 0 Å². The number of fused-ring (bicyclic) bond motifs is 2. The highest BCUT2D eigenvalue weighted by Gasteiger charge is 2.29. The molecule has 0 saturated carbocycles. The molecule has 5 rings (SSSR count). The van der Waals surface area contributed by atoms with Gasteiger partial charge in [0, 0.05) is 35.4 Å². The standard InChI is InChI=1S/C27H26N2O2/c1-2-22-25(29-31-27(22)21-16-19-9-3-4-10-20(19)17-21)14-15-26(30)28-24-13-7-11-18-8-5-6-12-23(18)24/h3-13,21H,2,14-17H2,1H3,(H,28,30). The first-order valence-corrected chi connectivity index (χ1v) is 11.0. The summed E-state index contributed by atoms with van der Waals surface area (Å²) >= 11 is 0. The highest BCUT2D eigenvalue weighted by Crippen LogP contribution is 2.36. The molecule has 1 aromatic heterocycles. The number of carbonyl (C=O) groups is 1. The lowest BCUT2D eigenvalue weighted by Crippen LogP contribution is -2.13. The Morgan fingerprint density at radius 2 is 1.71 bits per heavy atom. The van der Waals surface area contributed by atoms with E-state index in [1.165, 1.54) is 16.7 Å². The molecule has 4 nitrogen and oxygen atoms in total. The molecule has 0 spiro atoms. The van der Waals surface area contributed by atoms with Crippen LogP contribution in [0.2, 0.25) is 0 Å². The van der Waals surface area contributed by atoms with Gasteiger partial charge in [-0.15, -0.1) is 0 Å². The summed E-state index contributed by atoms with van der Waals surface area (Å²) in [5.74, 6) is 1.34. The van der Waals surface area contributed by atoms with Gasteiger partial charge < -0.3 is 9.84 Å². The fraction of sp³-hybridized carbons (Fsp3) is 0.259. The van der Waals surface area contributed by atoms with Crippen molar-refractivity contribution >= 4 is 22.4 Å². The van der Waals surface area contributed by atoms with Crippen molar-refractivity contribution in [3.8, 4) is 0 Å². The van der Waals surface area contributed by atoms with E-state index in [1.807, 2.05) is 30.3 Å². The molecular weight excluding hydrogens is 384 g/mol. The summed E-state index contributed by atoms with van der Waals surface area (Å²) in [5, 5.41) is 9.61. The fourth-order valence-electron chi connectivity index (χ4n) is 4.78. The van der Waals surface area contributed by atoms with E-state index in [4.69, 9.17) is 4.52 Å². The fourth-order valence-corrected chi connectivity index (χ4v) is 4.78. The van der Waals surface area contributed by atoms with Crippen LogP contribution in [0.4, 0.5) is 5.69 Å². The first kappa shape index (κ1) is 19.6. The predicted molar refractivity (Wildman–Crippen MR) is 123 cm³/mol. The molecule has 4 aromatic rings. The number of aromatic nitrogens is 1. The summed E-state index contributed by atoms with van der Waals surface area (Å²) in [4.78, 5) is 12.7. The van der Waals surface area contributed by atoms with E-state index in [2.05, 4.69) is 53.8 Å². The normalized spacial score (nSPS) is 13.5. The first-order chi connectivity index (χ1) is 15.2. The van der Waals surface area contributed by atoms with Crippen LogP contribution in [0.15, 0.2) is 71.3 Å². The molecule has 0 radical (unpaired) electrons. The number of aryl methyl sites for hydroxylation is 1. The summed E-state index contributed by atoms with van der Waals surface area (Å²) in [6.07, 6.45) is 3.83. The van der Waals surface area contributed by atoms with Crippen LogP contribution in [-0.2, 0) is 30.5 Å². The van der Waals surface area contributed by atoms with Crippen molar-refractivity contribution in [3.63, 3.8) is 0 Å². The molecule has 31 heavy (non-hydrogen) atoms. The van der Waals surface area contributed by atoms with Crippen molar-refractivity contribution in [2.45, 2.75) is 44.9 Å². The van der Waals surface area contributed by atoms with Crippen LogP contribution in [0, 0.1) is 0 Å². The Labute approximate surface area is 182 Å². The number of hydrogen-bond donors (Lipinski definition) is 1. The molecule has 0 aliphatic heterocycles. The summed E-state index contributed by atoms with van der Waals surface area (Å²) in [6.45, 7) is 2.14. The third-order valence-electron chi connectivity index (χ3n) is 6.33. The molecule has 0 fully saturated rings. The van der Waals surface area contributed by atoms with E-state index < -0.39 is 0 Å². The van der Waals surface area contributed by atoms with Gasteiger partial charge in [-0.25, -0.2) is 0 Å². The van der Waals surface area contributed by atoms with Gasteiger partial charge in [0.15, 0.2) is 0 Å². The third kappa shape index (κ3) is 3.86. The Bertz CT molecular complexity index is 1210. The van der Waals surface area contributed by atoms with Crippen LogP contribution in [-0.4, -0.2) is 11.1 Å². The van der Waals surface area contributed by atoms with Crippen molar-refractivity contribution in [2.24, 2.45) is 0 Å². The Hall–Kier alpha value is -3.40. The van der Waals surface area contributed by atoms with Gasteiger partial charge in [-0.05, 0) is 41.8 Å². The average Bonchev–Trinajstić information content (AvgIpc) is 3.41. The third-order valence-corrected chi connectivity index (χ3v) is 6.33. The predicted octanol–water partition coefficient (Wildman–Crippen LogP) is 5.84. The van der Waals surface area contributed by atoms with Gasteiger partial charge in [-0.2, -0.15) is 0 Å². The van der Waals surface area contributed by atoms with Crippen molar-refractivity contribution in [3.05, 3.63) is 94.9 Å². The Morgan fingerprint density at radius 3 is 2.48 bits per heavy atom. The number of amides is 1. The Kier molecular flexibility index (Phi) is 5.29. The minimum atomic E-state index is -0.00349. The largest absolute Gasteiger partial charge is 0.361 e. The smallest absolute Gasteiger partial charge is 0.224 e. The zero-order chi connectivity index (χ0) is 21.2. The van der Waals surface area contributed by atoms with E-state index >= 15 is 0 Å². The SMILES string of the molecule is CCc1c(CCC(=O)Nc2cccc3ccccc23)noc1C1Cc2ccccc2C1. The Morgan fingerprint density at radius 1 is 1.00 bits per heavy atom. The molecule has 3 aromatic carbocycles. The van der Waals surface area contributed by atoms with Crippen LogP contribution < -0.4 is 5.32 Å². The van der Waals surface area contributed by atoms with E-state index in [9.17, 15) is 4.79 Å². The summed E-state index contributed by atoms with van der Waals surface area (Å²) in [6, 6.07) is 22.7. The van der Waals surface area contributed by atoms with Crippen LogP contribution in [0.25, 0.3) is 10.8 Å². The summed E-state index contributed by atoms with van der Waals surface area (Å²) in [5.41, 5.74) is 5.75. The lowest BCUT2D eigenvalue weighted by atomic mass is 9.96. The molecule has 156 valence electrons. The van der Waals surface area contributed by atoms with Crippen molar-refractivity contribution in [1.29, 1.82) is 0 Å². The second kappa shape index (κ2) is 8.38. The quantitative estimate of drug-likeness (QED) is 0.434. The van der Waals surface area contributed by atoms with Crippen LogP contribution in [0.1, 0.15) is 47.4 Å². The average molecular weight is 411 g/mol. The van der Waals surface area contributed by atoms with Gasteiger partial charge in [0.2, 0.25) is 5.91 Å². The molecule has 0 unspecified atom stereocenters. The monoisotopic (exact) mass is 410 g/mol. The van der Waals surface area contributed by atoms with Crippen LogP contribution in [0.3, 0.4) is 0 Å². The second-order valence-corrected chi connectivity index (χ2v) is 8.27. The van der Waals surface area contributed by atoms with Gasteiger partial charge in [0.05, 0.1) is 5.69 Å². The summed E-state index contributed by atoms with van der Waals surface area (Å²) < 4.78 is 5.83. The van der Waals surface area contributed by atoms with E-state index in [-0.39, 0.29) is 5.91 Å². The maximum Gasteiger partial charge on any atom is 0.224 e. The zero-order valence-corrected chi connectivity index (χ0v) is 17.7. The number of rotatable bonds is 6. The molecule has 0 atom stereocenters. The Balaban J connectivity index is 1.27. The van der Waals surface area contributed by atoms with E-state index in [0.717, 1.165) is 47.2 Å². The van der Waals surface area contributed by atoms with Gasteiger partial charge >= 0.3 is 0 Å². The van der Waals surface area contributed by atoms with Gasteiger partial charge in [-0.1, -0.05) is 72.7 Å². The number of benzene rings is 3. The molecule has 0 bridgehead atoms. The van der Waals surface area contributed by atoms with Gasteiger partial charge in [0.25, 0.3) is 0 Å². The topological polar surface area (TPSA) is 55.1 Å². The summed E-state index contributed by atoms with van der Waals surface area (Å²) in [7, 11) is 0.